The predicted octanol–water partition coefficient (Wildman–Crippen LogP) is 4.98. The first-order chi connectivity index (χ1) is 12.1. The number of rotatable bonds is 6. The van der Waals surface area contributed by atoms with Gasteiger partial charge in [-0.1, -0.05) is 29.8 Å². The first-order valence-corrected chi connectivity index (χ1v) is 8.32. The second-order valence-corrected chi connectivity index (χ2v) is 6.06. The van der Waals surface area contributed by atoms with Crippen molar-refractivity contribution >= 4 is 29.1 Å². The van der Waals surface area contributed by atoms with Crippen molar-refractivity contribution in [1.29, 1.82) is 0 Å². The van der Waals surface area contributed by atoms with Crippen molar-refractivity contribution in [1.82, 2.24) is 9.97 Å². The molecule has 4 nitrogen and oxygen atoms in total. The largest absolute Gasteiger partial charge is 0.354 e. The van der Waals surface area contributed by atoms with E-state index in [-0.39, 0.29) is 5.82 Å². The Hall–Kier alpha value is -2.66. The smallest absolute Gasteiger partial charge is 0.224 e. The lowest BCUT2D eigenvalue weighted by atomic mass is 10.1. The normalized spacial score (nSPS) is 10.5. The highest BCUT2D eigenvalue weighted by Gasteiger charge is 2.02. The number of hydrogen-bond acceptors (Lipinski definition) is 4. The molecule has 1 heterocycles. The van der Waals surface area contributed by atoms with Crippen LogP contribution in [0.1, 0.15) is 11.1 Å². The molecule has 0 fully saturated rings. The van der Waals surface area contributed by atoms with Crippen LogP contribution in [0.5, 0.6) is 0 Å². The van der Waals surface area contributed by atoms with Gasteiger partial charge in [-0.2, -0.15) is 4.98 Å². The van der Waals surface area contributed by atoms with E-state index in [9.17, 15) is 4.39 Å². The Morgan fingerprint density at radius 3 is 2.64 bits per heavy atom. The van der Waals surface area contributed by atoms with E-state index in [4.69, 9.17) is 11.6 Å². The van der Waals surface area contributed by atoms with Crippen LogP contribution in [0.3, 0.4) is 0 Å². The lowest BCUT2D eigenvalue weighted by Gasteiger charge is -2.09. The fraction of sp³-hybridized carbons (Fsp3) is 0.158. The summed E-state index contributed by atoms with van der Waals surface area (Å²) < 4.78 is 12.9. The number of nitrogens with one attached hydrogen (secondary N) is 2. The molecule has 0 atom stereocenters. The SMILES string of the molecule is Cc1ccc(Nc2ccnc(NCCc3ccc(F)cc3)n2)cc1Cl. The molecule has 128 valence electrons. The summed E-state index contributed by atoms with van der Waals surface area (Å²) in [5, 5.41) is 7.09. The fourth-order valence-electron chi connectivity index (χ4n) is 2.30. The van der Waals surface area contributed by atoms with Crippen molar-refractivity contribution in [2.24, 2.45) is 0 Å². The van der Waals surface area contributed by atoms with Crippen LogP contribution >= 0.6 is 11.6 Å². The number of anilines is 3. The molecular weight excluding hydrogens is 339 g/mol. The third-order valence-electron chi connectivity index (χ3n) is 3.71. The van der Waals surface area contributed by atoms with Gasteiger partial charge in [-0.05, 0) is 54.8 Å². The molecule has 0 saturated carbocycles. The van der Waals surface area contributed by atoms with Crippen molar-refractivity contribution in [3.8, 4) is 0 Å². The summed E-state index contributed by atoms with van der Waals surface area (Å²) >= 11 is 6.14. The quantitative estimate of drug-likeness (QED) is 0.654. The highest BCUT2D eigenvalue weighted by Crippen LogP contribution is 2.22. The molecule has 6 heteroatoms. The van der Waals surface area contributed by atoms with Crippen molar-refractivity contribution in [3.63, 3.8) is 0 Å². The van der Waals surface area contributed by atoms with Crippen LogP contribution in [0.2, 0.25) is 5.02 Å². The van der Waals surface area contributed by atoms with E-state index in [1.807, 2.05) is 25.1 Å². The maximum atomic E-state index is 12.9. The molecule has 2 aromatic carbocycles. The standard InChI is InChI=1S/C19H18ClFN4/c1-13-2-7-16(12-17(13)20)24-18-9-11-23-19(25-18)22-10-8-14-3-5-15(21)6-4-14/h2-7,9,11-12H,8,10H2,1H3,(H2,22,23,24,25). The molecule has 0 spiro atoms. The monoisotopic (exact) mass is 356 g/mol. The van der Waals surface area contributed by atoms with E-state index in [0.29, 0.717) is 23.3 Å². The fourth-order valence-corrected chi connectivity index (χ4v) is 2.48. The highest BCUT2D eigenvalue weighted by molar-refractivity contribution is 6.31. The topological polar surface area (TPSA) is 49.8 Å². The molecule has 25 heavy (non-hydrogen) atoms. The molecule has 0 saturated heterocycles. The molecule has 0 aliphatic rings. The zero-order valence-corrected chi connectivity index (χ0v) is 14.5. The van der Waals surface area contributed by atoms with Crippen LogP contribution < -0.4 is 10.6 Å². The molecule has 0 radical (unpaired) electrons. The lowest BCUT2D eigenvalue weighted by molar-refractivity contribution is 0.627. The molecule has 0 amide bonds. The van der Waals surface area contributed by atoms with Gasteiger partial charge in [0.2, 0.25) is 5.95 Å². The Morgan fingerprint density at radius 2 is 1.88 bits per heavy atom. The number of halogens is 2. The average Bonchev–Trinajstić information content (AvgIpc) is 2.60. The first-order valence-electron chi connectivity index (χ1n) is 7.95. The van der Waals surface area contributed by atoms with Gasteiger partial charge >= 0.3 is 0 Å². The van der Waals surface area contributed by atoms with Crippen molar-refractivity contribution in [2.75, 3.05) is 17.2 Å². The Balaban J connectivity index is 1.59. The molecule has 3 aromatic rings. The summed E-state index contributed by atoms with van der Waals surface area (Å²) in [7, 11) is 0. The van der Waals surface area contributed by atoms with Gasteiger partial charge in [0.25, 0.3) is 0 Å². The zero-order chi connectivity index (χ0) is 17.6. The van der Waals surface area contributed by atoms with E-state index >= 15 is 0 Å². The average molecular weight is 357 g/mol. The van der Waals surface area contributed by atoms with Crippen LogP contribution in [0.4, 0.5) is 21.8 Å². The van der Waals surface area contributed by atoms with Gasteiger partial charge in [0.1, 0.15) is 11.6 Å². The van der Waals surface area contributed by atoms with Gasteiger partial charge in [0.05, 0.1) is 0 Å². The minimum absolute atomic E-state index is 0.227. The predicted molar refractivity (Wildman–Crippen MR) is 100 cm³/mol. The Morgan fingerprint density at radius 1 is 1.08 bits per heavy atom. The van der Waals surface area contributed by atoms with Gasteiger partial charge in [0.15, 0.2) is 0 Å². The molecule has 0 bridgehead atoms. The van der Waals surface area contributed by atoms with Crippen molar-refractivity contribution in [3.05, 3.63) is 76.7 Å². The van der Waals surface area contributed by atoms with Crippen molar-refractivity contribution in [2.45, 2.75) is 13.3 Å². The van der Waals surface area contributed by atoms with E-state index in [1.165, 1.54) is 12.1 Å². The number of hydrogen-bond donors (Lipinski definition) is 2. The van der Waals surface area contributed by atoms with Gasteiger partial charge in [0, 0.05) is 23.5 Å². The lowest BCUT2D eigenvalue weighted by Crippen LogP contribution is -2.08. The second-order valence-electron chi connectivity index (χ2n) is 5.66. The van der Waals surface area contributed by atoms with Crippen LogP contribution in [-0.4, -0.2) is 16.5 Å². The number of nitrogens with zero attached hydrogens (tertiary/aromatic N) is 2. The zero-order valence-electron chi connectivity index (χ0n) is 13.8. The first kappa shape index (κ1) is 17.2. The van der Waals surface area contributed by atoms with Gasteiger partial charge in [-0.3, -0.25) is 0 Å². The number of aromatic nitrogens is 2. The summed E-state index contributed by atoms with van der Waals surface area (Å²) in [6, 6.07) is 14.0. The Labute approximate surface area is 151 Å². The molecular formula is C19H18ClFN4. The molecule has 3 rings (SSSR count). The van der Waals surface area contributed by atoms with Gasteiger partial charge in [-0.25, -0.2) is 9.37 Å². The Kier molecular flexibility index (Phi) is 5.46. The Bertz CT molecular complexity index is 852. The molecule has 0 aliphatic carbocycles. The minimum Gasteiger partial charge on any atom is -0.354 e. The van der Waals surface area contributed by atoms with Crippen LogP contribution in [0, 0.1) is 12.7 Å². The third-order valence-corrected chi connectivity index (χ3v) is 4.12. The number of benzene rings is 2. The second kappa shape index (κ2) is 7.94. The van der Waals surface area contributed by atoms with Crippen molar-refractivity contribution < 1.29 is 4.39 Å². The van der Waals surface area contributed by atoms with E-state index in [2.05, 4.69) is 20.6 Å². The van der Waals surface area contributed by atoms with E-state index in [0.717, 1.165) is 23.2 Å². The maximum Gasteiger partial charge on any atom is 0.224 e. The molecule has 2 N–H and O–H groups in total. The van der Waals surface area contributed by atoms with Gasteiger partial charge in [-0.15, -0.1) is 0 Å². The number of aryl methyl sites for hydroxylation is 1. The van der Waals surface area contributed by atoms with E-state index in [1.54, 1.807) is 24.4 Å². The van der Waals surface area contributed by atoms with Crippen LogP contribution in [0.25, 0.3) is 0 Å². The summed E-state index contributed by atoms with van der Waals surface area (Å²) in [6.07, 6.45) is 2.44. The maximum absolute atomic E-state index is 12.9. The van der Waals surface area contributed by atoms with Crippen LogP contribution in [0.15, 0.2) is 54.7 Å². The highest BCUT2D eigenvalue weighted by atomic mass is 35.5. The molecule has 0 unspecified atom stereocenters. The third kappa shape index (κ3) is 4.90. The van der Waals surface area contributed by atoms with Gasteiger partial charge < -0.3 is 10.6 Å². The minimum atomic E-state index is -0.227. The van der Waals surface area contributed by atoms with E-state index < -0.39 is 0 Å². The molecule has 0 aliphatic heterocycles. The summed E-state index contributed by atoms with van der Waals surface area (Å²) in [4.78, 5) is 8.64. The summed E-state index contributed by atoms with van der Waals surface area (Å²) in [6.45, 7) is 2.62. The summed E-state index contributed by atoms with van der Waals surface area (Å²) in [5.41, 5.74) is 2.95. The van der Waals surface area contributed by atoms with Crippen LogP contribution in [-0.2, 0) is 6.42 Å². The molecule has 1 aromatic heterocycles. The summed E-state index contributed by atoms with van der Waals surface area (Å²) in [5.74, 6) is 0.986.